The smallest absolute Gasteiger partial charge is 0.0647 e. The zero-order valence-corrected chi connectivity index (χ0v) is 8.77. The van der Waals surface area contributed by atoms with Crippen molar-refractivity contribution in [3.63, 3.8) is 0 Å². The van der Waals surface area contributed by atoms with Crippen molar-refractivity contribution in [3.8, 4) is 0 Å². The van der Waals surface area contributed by atoms with Crippen molar-refractivity contribution in [3.05, 3.63) is 61.0 Å². The van der Waals surface area contributed by atoms with Crippen LogP contribution in [0.15, 0.2) is 61.0 Å². The van der Waals surface area contributed by atoms with Crippen LogP contribution in [-0.2, 0) is 0 Å². The molecule has 15 heavy (non-hydrogen) atoms. The quantitative estimate of drug-likeness (QED) is 0.689. The molecule has 0 bridgehead atoms. The summed E-state index contributed by atoms with van der Waals surface area (Å²) in [4.78, 5) is 2.06. The summed E-state index contributed by atoms with van der Waals surface area (Å²) in [5, 5.41) is 3.24. The number of allylic oxidation sites excluding steroid dienone is 3. The van der Waals surface area contributed by atoms with Crippen LogP contribution in [0.3, 0.4) is 0 Å². The second kappa shape index (κ2) is 4.05. The summed E-state index contributed by atoms with van der Waals surface area (Å²) in [5.74, 6) is 0. The molecule has 1 aliphatic heterocycles. The van der Waals surface area contributed by atoms with Crippen molar-refractivity contribution in [2.45, 2.75) is 0 Å². The van der Waals surface area contributed by atoms with Gasteiger partial charge in [-0.05, 0) is 24.3 Å². The van der Waals surface area contributed by atoms with E-state index in [1.807, 2.05) is 43.6 Å². The fourth-order valence-corrected chi connectivity index (χ4v) is 1.51. The number of likely N-dealkylation sites (N-methyl/N-ethyl adjacent to an activating group) is 1. The van der Waals surface area contributed by atoms with E-state index >= 15 is 0 Å². The van der Waals surface area contributed by atoms with Crippen LogP contribution in [0.1, 0.15) is 0 Å². The predicted molar refractivity (Wildman–Crippen MR) is 65.9 cm³/mol. The summed E-state index contributed by atoms with van der Waals surface area (Å²) in [6.07, 6.45) is 7.83. The highest BCUT2D eigenvalue weighted by Crippen LogP contribution is 2.27. The van der Waals surface area contributed by atoms with Crippen LogP contribution < -0.4 is 10.2 Å². The highest BCUT2D eigenvalue weighted by molar-refractivity contribution is 5.73. The Morgan fingerprint density at radius 3 is 2.87 bits per heavy atom. The lowest BCUT2D eigenvalue weighted by Crippen LogP contribution is -2.14. The third-order valence-corrected chi connectivity index (χ3v) is 2.43. The minimum Gasteiger partial charge on any atom is -0.360 e. The molecule has 0 aromatic heterocycles. The topological polar surface area (TPSA) is 15.3 Å². The Balaban J connectivity index is 2.48. The predicted octanol–water partition coefficient (Wildman–Crippen LogP) is 3.13. The normalized spacial score (nSPS) is 19.3. The van der Waals surface area contributed by atoms with Gasteiger partial charge in [0.25, 0.3) is 0 Å². The largest absolute Gasteiger partial charge is 0.360 e. The fraction of sp³-hybridized carbons (Fsp3) is 0.0769. The second-order valence-corrected chi connectivity index (χ2v) is 3.43. The van der Waals surface area contributed by atoms with Crippen LogP contribution >= 0.6 is 0 Å². The molecule has 1 aromatic rings. The van der Waals surface area contributed by atoms with Crippen molar-refractivity contribution in [1.82, 2.24) is 0 Å². The third-order valence-electron chi connectivity index (χ3n) is 2.43. The maximum absolute atomic E-state index is 4.01. The molecule has 1 aromatic carbocycles. The molecule has 0 spiro atoms. The molecular formula is C13H14N2. The van der Waals surface area contributed by atoms with Crippen LogP contribution in [0.5, 0.6) is 0 Å². The molecule has 0 atom stereocenters. The molecule has 0 saturated heterocycles. The third kappa shape index (κ3) is 1.94. The molecule has 0 aliphatic carbocycles. The molecule has 1 N–H and O–H groups in total. The van der Waals surface area contributed by atoms with Gasteiger partial charge >= 0.3 is 0 Å². The Labute approximate surface area is 90.2 Å². The number of nitrogens with zero attached hydrogens (tertiary/aromatic N) is 1. The van der Waals surface area contributed by atoms with Crippen LogP contribution in [0.2, 0.25) is 0 Å². The lowest BCUT2D eigenvalue weighted by molar-refractivity contribution is 1.15. The van der Waals surface area contributed by atoms with Crippen LogP contribution in [0.25, 0.3) is 0 Å². The average molecular weight is 198 g/mol. The van der Waals surface area contributed by atoms with E-state index in [2.05, 4.69) is 28.9 Å². The van der Waals surface area contributed by atoms with E-state index in [4.69, 9.17) is 0 Å². The van der Waals surface area contributed by atoms with Crippen molar-refractivity contribution in [2.24, 2.45) is 0 Å². The van der Waals surface area contributed by atoms with Gasteiger partial charge in [0.05, 0.1) is 11.4 Å². The molecule has 0 saturated carbocycles. The van der Waals surface area contributed by atoms with Gasteiger partial charge in [-0.1, -0.05) is 24.8 Å². The van der Waals surface area contributed by atoms with Crippen LogP contribution in [0.4, 0.5) is 11.4 Å². The SMILES string of the molecule is C=C1/C=C\C=C/Nc2ccccc2N1C. The van der Waals surface area contributed by atoms with Crippen molar-refractivity contribution in [2.75, 3.05) is 17.3 Å². The highest BCUT2D eigenvalue weighted by Gasteiger charge is 2.07. The summed E-state index contributed by atoms with van der Waals surface area (Å²) < 4.78 is 0. The van der Waals surface area contributed by atoms with E-state index in [1.165, 1.54) is 0 Å². The van der Waals surface area contributed by atoms with E-state index in [0.717, 1.165) is 17.1 Å². The Morgan fingerprint density at radius 2 is 2.00 bits per heavy atom. The van der Waals surface area contributed by atoms with Gasteiger partial charge in [0.2, 0.25) is 0 Å². The summed E-state index contributed by atoms with van der Waals surface area (Å²) in [7, 11) is 2.01. The number of anilines is 2. The molecule has 2 heteroatoms. The highest BCUT2D eigenvalue weighted by atomic mass is 15.1. The van der Waals surface area contributed by atoms with Gasteiger partial charge < -0.3 is 10.2 Å². The molecule has 1 aliphatic rings. The standard InChI is InChI=1S/C13H14N2/c1-11-7-5-6-10-14-12-8-3-4-9-13(12)15(11)2/h3-10,14H,1H2,2H3/b7-5-,10-6-. The van der Waals surface area contributed by atoms with E-state index < -0.39 is 0 Å². The van der Waals surface area contributed by atoms with E-state index in [-0.39, 0.29) is 0 Å². The van der Waals surface area contributed by atoms with Gasteiger partial charge in [0.15, 0.2) is 0 Å². The number of rotatable bonds is 0. The minimum absolute atomic E-state index is 0.968. The molecular weight excluding hydrogens is 184 g/mol. The monoisotopic (exact) mass is 198 g/mol. The summed E-state index contributed by atoms with van der Waals surface area (Å²) in [6.45, 7) is 4.01. The number of hydrogen-bond donors (Lipinski definition) is 1. The van der Waals surface area contributed by atoms with Gasteiger partial charge in [0, 0.05) is 18.9 Å². The summed E-state index contributed by atoms with van der Waals surface area (Å²) in [6, 6.07) is 8.16. The molecule has 76 valence electrons. The first-order valence-electron chi connectivity index (χ1n) is 4.90. The molecule has 0 radical (unpaired) electrons. The zero-order chi connectivity index (χ0) is 10.7. The van der Waals surface area contributed by atoms with E-state index in [0.29, 0.717) is 0 Å². The average Bonchev–Trinajstić information content (AvgIpc) is 2.33. The number of hydrogen-bond acceptors (Lipinski definition) is 2. The lowest BCUT2D eigenvalue weighted by Gasteiger charge is -2.22. The second-order valence-electron chi connectivity index (χ2n) is 3.43. The molecule has 0 amide bonds. The van der Waals surface area contributed by atoms with Gasteiger partial charge in [0.1, 0.15) is 0 Å². The number of para-hydroxylation sites is 2. The van der Waals surface area contributed by atoms with E-state index in [9.17, 15) is 0 Å². The fourth-order valence-electron chi connectivity index (χ4n) is 1.51. The maximum Gasteiger partial charge on any atom is 0.0647 e. The molecule has 0 unspecified atom stereocenters. The Morgan fingerprint density at radius 1 is 1.20 bits per heavy atom. The number of nitrogens with one attached hydrogen (secondary N) is 1. The van der Waals surface area contributed by atoms with Gasteiger partial charge in [-0.2, -0.15) is 0 Å². The van der Waals surface area contributed by atoms with Gasteiger partial charge in [-0.15, -0.1) is 0 Å². The van der Waals surface area contributed by atoms with Crippen molar-refractivity contribution < 1.29 is 0 Å². The Kier molecular flexibility index (Phi) is 2.59. The van der Waals surface area contributed by atoms with Crippen LogP contribution in [-0.4, -0.2) is 7.05 Å². The minimum atomic E-state index is 0.968. The number of benzene rings is 1. The molecule has 0 fully saturated rings. The summed E-state index contributed by atoms with van der Waals surface area (Å²) >= 11 is 0. The van der Waals surface area contributed by atoms with Crippen molar-refractivity contribution >= 4 is 11.4 Å². The van der Waals surface area contributed by atoms with Crippen molar-refractivity contribution in [1.29, 1.82) is 0 Å². The maximum atomic E-state index is 4.01. The Bertz CT molecular complexity index is 430. The first-order chi connectivity index (χ1) is 7.29. The first kappa shape index (κ1) is 9.59. The molecule has 2 nitrogen and oxygen atoms in total. The number of fused-ring (bicyclic) bond motifs is 1. The molecule has 2 rings (SSSR count). The Hall–Kier alpha value is -1.96. The van der Waals surface area contributed by atoms with Gasteiger partial charge in [-0.25, -0.2) is 0 Å². The van der Waals surface area contributed by atoms with E-state index in [1.54, 1.807) is 0 Å². The lowest BCUT2D eigenvalue weighted by atomic mass is 10.2. The zero-order valence-electron chi connectivity index (χ0n) is 8.77. The summed E-state index contributed by atoms with van der Waals surface area (Å²) in [5.41, 5.74) is 3.18. The first-order valence-corrected chi connectivity index (χ1v) is 4.90. The molecule has 1 heterocycles. The van der Waals surface area contributed by atoms with Gasteiger partial charge in [-0.3, -0.25) is 0 Å². The van der Waals surface area contributed by atoms with Crippen LogP contribution in [0, 0.1) is 0 Å².